The minimum Gasteiger partial charge on any atom is -0.204 e. The van der Waals surface area contributed by atoms with Gasteiger partial charge in [-0.25, -0.2) is 17.6 Å². The van der Waals surface area contributed by atoms with Crippen LogP contribution in [0.4, 0.5) is 17.6 Å². The molecule has 0 unspecified atom stereocenters. The molecule has 2 aromatic heterocycles. The van der Waals surface area contributed by atoms with E-state index in [2.05, 4.69) is 49.4 Å². The molecular weight excluding hydrogens is 500 g/mol. The molecule has 0 atom stereocenters. The van der Waals surface area contributed by atoms with Crippen LogP contribution in [-0.4, -0.2) is 17.5 Å². The van der Waals surface area contributed by atoms with Crippen LogP contribution in [0.5, 0.6) is 0 Å². The van der Waals surface area contributed by atoms with Gasteiger partial charge >= 0.3 is 0 Å². The highest BCUT2D eigenvalue weighted by atomic mass is 79.9. The molecule has 124 valence electrons. The van der Waals surface area contributed by atoms with E-state index < -0.39 is 23.3 Å². The van der Waals surface area contributed by atoms with Crippen LogP contribution in [0.25, 0.3) is 22.1 Å². The van der Waals surface area contributed by atoms with Gasteiger partial charge in [-0.1, -0.05) is 0 Å². The lowest BCUT2D eigenvalue weighted by atomic mass is 10.3. The molecule has 0 amide bonds. The Labute approximate surface area is 156 Å². The van der Waals surface area contributed by atoms with Gasteiger partial charge in [0.1, 0.15) is 22.1 Å². The average molecular weight is 502 g/mol. The van der Waals surface area contributed by atoms with Crippen molar-refractivity contribution in [3.63, 3.8) is 0 Å². The Kier molecular flexibility index (Phi) is 5.08. The maximum absolute atomic E-state index is 13.1. The first-order chi connectivity index (χ1) is 11.4. The second-order valence-electron chi connectivity index (χ2n) is 4.24. The zero-order valence-electron chi connectivity index (χ0n) is 11.0. The minimum absolute atomic E-state index is 0.0111. The molecule has 0 N–H and O–H groups in total. The standard InChI is InChI=1S/C6Br2F2N2S.C6H2F2N2S/c7-1-3(9)4(10)2(8)6-5(1)11-13-12-6;7-3-1-5-6(2-4(3)8)10-11-9-5/h;1-2H. The summed E-state index contributed by atoms with van der Waals surface area (Å²) in [6.07, 6.45) is 0. The van der Waals surface area contributed by atoms with Crippen LogP contribution >= 0.6 is 55.3 Å². The van der Waals surface area contributed by atoms with Gasteiger partial charge in [0.15, 0.2) is 23.3 Å². The van der Waals surface area contributed by atoms with Gasteiger partial charge in [0.05, 0.1) is 32.4 Å². The van der Waals surface area contributed by atoms with Crippen molar-refractivity contribution in [3.05, 3.63) is 44.3 Å². The molecule has 4 rings (SSSR count). The summed E-state index contributed by atoms with van der Waals surface area (Å²) in [5, 5.41) is 0. The van der Waals surface area contributed by atoms with Crippen LogP contribution in [0.1, 0.15) is 0 Å². The predicted molar refractivity (Wildman–Crippen MR) is 90.1 cm³/mol. The highest BCUT2D eigenvalue weighted by Gasteiger charge is 2.19. The number of hydrogen-bond donors (Lipinski definition) is 0. The first-order valence-corrected chi connectivity index (χ1v) is 8.96. The van der Waals surface area contributed by atoms with Crippen molar-refractivity contribution < 1.29 is 17.6 Å². The first kappa shape index (κ1) is 17.6. The molecule has 0 saturated carbocycles. The quantitative estimate of drug-likeness (QED) is 0.182. The zero-order valence-corrected chi connectivity index (χ0v) is 15.8. The van der Waals surface area contributed by atoms with Gasteiger partial charge in [-0.05, 0) is 31.9 Å². The van der Waals surface area contributed by atoms with Crippen LogP contribution in [-0.2, 0) is 0 Å². The Hall–Kier alpha value is -1.24. The normalized spacial score (nSPS) is 10.9. The molecule has 0 saturated heterocycles. The van der Waals surface area contributed by atoms with Gasteiger partial charge in [-0.2, -0.15) is 17.5 Å². The molecular formula is C12H2Br2F4N4S2. The van der Waals surface area contributed by atoms with Gasteiger partial charge in [-0.3, -0.25) is 0 Å². The number of aromatic nitrogens is 4. The highest BCUT2D eigenvalue weighted by Crippen LogP contribution is 2.34. The monoisotopic (exact) mass is 500 g/mol. The fourth-order valence-electron chi connectivity index (χ4n) is 1.66. The lowest BCUT2D eigenvalue weighted by Crippen LogP contribution is -1.89. The molecule has 0 radical (unpaired) electrons. The summed E-state index contributed by atoms with van der Waals surface area (Å²) in [6.45, 7) is 0. The van der Waals surface area contributed by atoms with Crippen LogP contribution in [0.2, 0.25) is 0 Å². The summed E-state index contributed by atoms with van der Waals surface area (Å²) in [4.78, 5) is 0. The predicted octanol–water partition coefficient (Wildman–Crippen LogP) is 5.46. The van der Waals surface area contributed by atoms with E-state index in [0.29, 0.717) is 22.1 Å². The van der Waals surface area contributed by atoms with E-state index in [9.17, 15) is 17.6 Å². The van der Waals surface area contributed by atoms with Gasteiger partial charge < -0.3 is 0 Å². The van der Waals surface area contributed by atoms with Gasteiger partial charge in [0, 0.05) is 12.1 Å². The molecule has 12 heteroatoms. The Balaban J connectivity index is 0.000000143. The lowest BCUT2D eigenvalue weighted by Gasteiger charge is -1.99. The molecule has 4 aromatic rings. The number of nitrogens with zero attached hydrogens (tertiary/aromatic N) is 4. The van der Waals surface area contributed by atoms with Gasteiger partial charge in [-0.15, -0.1) is 0 Å². The summed E-state index contributed by atoms with van der Waals surface area (Å²) >= 11 is 7.67. The lowest BCUT2D eigenvalue weighted by molar-refractivity contribution is 0.502. The second-order valence-corrected chi connectivity index (χ2v) is 6.88. The van der Waals surface area contributed by atoms with Gasteiger partial charge in [0.25, 0.3) is 0 Å². The zero-order chi connectivity index (χ0) is 17.4. The van der Waals surface area contributed by atoms with Crippen molar-refractivity contribution in [2.45, 2.75) is 0 Å². The van der Waals surface area contributed by atoms with E-state index in [-0.39, 0.29) is 8.95 Å². The molecule has 0 aliphatic carbocycles. The minimum atomic E-state index is -0.952. The maximum Gasteiger partial charge on any atom is 0.176 e. The molecule has 0 aliphatic heterocycles. The summed E-state index contributed by atoms with van der Waals surface area (Å²) < 4.78 is 66.3. The molecule has 0 fully saturated rings. The number of halogens is 6. The average Bonchev–Trinajstić information content (AvgIpc) is 3.21. The van der Waals surface area contributed by atoms with E-state index in [1.165, 1.54) is 0 Å². The molecule has 24 heavy (non-hydrogen) atoms. The fraction of sp³-hybridized carbons (Fsp3) is 0. The van der Waals surface area contributed by atoms with E-state index in [1.54, 1.807) is 0 Å². The Bertz CT molecular complexity index is 975. The van der Waals surface area contributed by atoms with Crippen molar-refractivity contribution in [2.75, 3.05) is 0 Å². The molecule has 0 spiro atoms. The van der Waals surface area contributed by atoms with Crippen molar-refractivity contribution in [1.29, 1.82) is 0 Å². The van der Waals surface area contributed by atoms with E-state index in [1.807, 2.05) is 0 Å². The highest BCUT2D eigenvalue weighted by molar-refractivity contribution is 9.11. The third-order valence-corrected chi connectivity index (χ3v) is 5.31. The van der Waals surface area contributed by atoms with Crippen molar-refractivity contribution >= 4 is 77.4 Å². The topological polar surface area (TPSA) is 51.6 Å². The number of fused-ring (bicyclic) bond motifs is 2. The molecule has 2 heterocycles. The Morgan fingerprint density at radius 3 is 1.46 bits per heavy atom. The van der Waals surface area contributed by atoms with E-state index in [4.69, 9.17) is 0 Å². The van der Waals surface area contributed by atoms with Gasteiger partial charge in [0.2, 0.25) is 0 Å². The number of rotatable bonds is 0. The SMILES string of the molecule is Fc1c(F)c(Br)c2nsnc2c1Br.Fc1cc2nsnc2cc1F. The summed E-state index contributed by atoms with van der Waals surface area (Å²) in [7, 11) is 0. The van der Waals surface area contributed by atoms with Crippen molar-refractivity contribution in [1.82, 2.24) is 17.5 Å². The molecule has 2 aromatic carbocycles. The third-order valence-electron chi connectivity index (χ3n) is 2.78. The smallest absolute Gasteiger partial charge is 0.176 e. The first-order valence-electron chi connectivity index (χ1n) is 5.91. The maximum atomic E-state index is 13.1. The van der Waals surface area contributed by atoms with Crippen LogP contribution < -0.4 is 0 Å². The molecule has 0 bridgehead atoms. The summed E-state index contributed by atoms with van der Waals surface area (Å²) in [5.41, 5.74) is 1.45. The third kappa shape index (κ3) is 3.15. The fourth-order valence-corrected chi connectivity index (χ4v) is 3.86. The largest absolute Gasteiger partial charge is 0.204 e. The van der Waals surface area contributed by atoms with E-state index in [0.717, 1.165) is 35.6 Å². The Morgan fingerprint density at radius 2 is 1.04 bits per heavy atom. The van der Waals surface area contributed by atoms with E-state index >= 15 is 0 Å². The van der Waals surface area contributed by atoms with Crippen molar-refractivity contribution in [2.24, 2.45) is 0 Å². The summed E-state index contributed by atoms with van der Waals surface area (Å²) in [5.74, 6) is -3.67. The summed E-state index contributed by atoms with van der Waals surface area (Å²) in [6, 6.07) is 2.07. The van der Waals surface area contributed by atoms with Crippen molar-refractivity contribution in [3.8, 4) is 0 Å². The molecule has 4 nitrogen and oxygen atoms in total. The van der Waals surface area contributed by atoms with Crippen LogP contribution in [0, 0.1) is 23.3 Å². The van der Waals surface area contributed by atoms with Crippen LogP contribution in [0.3, 0.4) is 0 Å². The number of hydrogen-bond acceptors (Lipinski definition) is 6. The van der Waals surface area contributed by atoms with Crippen LogP contribution in [0.15, 0.2) is 21.1 Å². The number of benzene rings is 2. The second kappa shape index (κ2) is 6.94. The molecule has 0 aliphatic rings. The Morgan fingerprint density at radius 1 is 0.667 bits per heavy atom.